The predicted molar refractivity (Wildman–Crippen MR) is 71.9 cm³/mol. The Morgan fingerprint density at radius 3 is 2.58 bits per heavy atom. The molecule has 1 aromatic rings. The van der Waals surface area contributed by atoms with Crippen molar-refractivity contribution < 1.29 is 14.3 Å². The number of rotatable bonds is 5. The molecule has 0 aliphatic heterocycles. The predicted octanol–water partition coefficient (Wildman–Crippen LogP) is 1.44. The van der Waals surface area contributed by atoms with E-state index in [2.05, 4.69) is 16.2 Å². The fourth-order valence-corrected chi connectivity index (χ4v) is 1.40. The van der Waals surface area contributed by atoms with Crippen LogP contribution in [0.25, 0.3) is 0 Å². The first-order valence-corrected chi connectivity index (χ1v) is 6.25. The third-order valence-corrected chi connectivity index (χ3v) is 2.26. The first-order valence-electron chi connectivity index (χ1n) is 6.25. The zero-order chi connectivity index (χ0) is 14.1. The van der Waals surface area contributed by atoms with Crippen molar-refractivity contribution in [1.82, 2.24) is 16.2 Å². The number of carbonyl (C=O) groups excluding carboxylic acids is 2. The Morgan fingerprint density at radius 1 is 1.16 bits per heavy atom. The number of hydrogen-bond acceptors (Lipinski definition) is 3. The van der Waals surface area contributed by atoms with Crippen molar-refractivity contribution in [2.24, 2.45) is 0 Å². The number of ether oxygens (including phenoxy) is 1. The lowest BCUT2D eigenvalue weighted by atomic mass is 10.2. The molecule has 0 aliphatic carbocycles. The molecule has 1 rings (SSSR count). The van der Waals surface area contributed by atoms with Gasteiger partial charge in [-0.2, -0.15) is 0 Å². The molecule has 0 saturated heterocycles. The van der Waals surface area contributed by atoms with Gasteiger partial charge in [0.2, 0.25) is 0 Å². The highest BCUT2D eigenvalue weighted by Crippen LogP contribution is 2.17. The summed E-state index contributed by atoms with van der Waals surface area (Å²) in [5.41, 5.74) is 4.98. The van der Waals surface area contributed by atoms with Crippen molar-refractivity contribution in [3.05, 3.63) is 29.8 Å². The van der Waals surface area contributed by atoms with E-state index in [-0.39, 0.29) is 0 Å². The molecule has 0 heterocycles. The summed E-state index contributed by atoms with van der Waals surface area (Å²) < 4.78 is 5.34. The van der Waals surface area contributed by atoms with Gasteiger partial charge >= 0.3 is 6.03 Å². The fourth-order valence-electron chi connectivity index (χ4n) is 1.40. The molecule has 0 atom stereocenters. The van der Waals surface area contributed by atoms with Crippen LogP contribution in [0.5, 0.6) is 5.75 Å². The zero-order valence-electron chi connectivity index (χ0n) is 11.2. The van der Waals surface area contributed by atoms with Gasteiger partial charge in [-0.3, -0.25) is 10.2 Å². The van der Waals surface area contributed by atoms with Gasteiger partial charge in [-0.05, 0) is 25.5 Å². The van der Waals surface area contributed by atoms with Crippen molar-refractivity contribution in [2.45, 2.75) is 20.3 Å². The van der Waals surface area contributed by atoms with Gasteiger partial charge in [0.15, 0.2) is 0 Å². The smallest absolute Gasteiger partial charge is 0.333 e. The van der Waals surface area contributed by atoms with E-state index in [0.717, 1.165) is 6.42 Å². The highest BCUT2D eigenvalue weighted by atomic mass is 16.5. The maximum atomic E-state index is 11.9. The van der Waals surface area contributed by atoms with Gasteiger partial charge in [0.1, 0.15) is 5.75 Å². The molecule has 0 unspecified atom stereocenters. The molecule has 0 aliphatic rings. The molecule has 3 amide bonds. The lowest BCUT2D eigenvalue weighted by Gasteiger charge is -2.11. The first-order chi connectivity index (χ1) is 9.19. The van der Waals surface area contributed by atoms with Crippen LogP contribution in [0.2, 0.25) is 0 Å². The summed E-state index contributed by atoms with van der Waals surface area (Å²) in [4.78, 5) is 23.2. The number of hydrazine groups is 1. The highest BCUT2D eigenvalue weighted by molar-refractivity contribution is 5.97. The van der Waals surface area contributed by atoms with Crippen molar-refractivity contribution in [3.63, 3.8) is 0 Å². The number of hydrogen-bond donors (Lipinski definition) is 3. The minimum atomic E-state index is -0.441. The van der Waals surface area contributed by atoms with Crippen molar-refractivity contribution in [1.29, 1.82) is 0 Å². The Balaban J connectivity index is 2.56. The Hall–Kier alpha value is -2.24. The average Bonchev–Trinajstić information content (AvgIpc) is 2.43. The van der Waals surface area contributed by atoms with Crippen LogP contribution in [0.4, 0.5) is 4.79 Å². The second-order valence-corrected chi connectivity index (χ2v) is 3.76. The van der Waals surface area contributed by atoms with Gasteiger partial charge in [0.25, 0.3) is 5.91 Å². The van der Waals surface area contributed by atoms with Crippen LogP contribution in [-0.4, -0.2) is 25.1 Å². The van der Waals surface area contributed by atoms with E-state index < -0.39 is 11.9 Å². The minimum Gasteiger partial charge on any atom is -0.493 e. The molecular formula is C13H19N3O3. The second-order valence-electron chi connectivity index (χ2n) is 3.76. The summed E-state index contributed by atoms with van der Waals surface area (Å²) >= 11 is 0. The Morgan fingerprint density at radius 2 is 1.89 bits per heavy atom. The molecule has 0 radical (unpaired) electrons. The number of urea groups is 1. The van der Waals surface area contributed by atoms with Crippen LogP contribution in [0, 0.1) is 0 Å². The third-order valence-electron chi connectivity index (χ3n) is 2.26. The van der Waals surface area contributed by atoms with Gasteiger partial charge < -0.3 is 10.1 Å². The topological polar surface area (TPSA) is 79.5 Å². The van der Waals surface area contributed by atoms with Gasteiger partial charge in [-0.1, -0.05) is 19.1 Å². The number of para-hydroxylation sites is 1. The molecule has 19 heavy (non-hydrogen) atoms. The van der Waals surface area contributed by atoms with Gasteiger partial charge in [0.05, 0.1) is 12.2 Å². The second kappa shape index (κ2) is 7.97. The standard InChI is InChI=1S/C13H19N3O3/c1-3-9-14-13(18)16-15-12(17)10-7-5-6-8-11(10)19-4-2/h5-8H,3-4,9H2,1-2H3,(H,15,17)(H2,14,16,18). The van der Waals surface area contributed by atoms with Crippen LogP contribution >= 0.6 is 0 Å². The molecule has 0 aromatic heterocycles. The molecule has 6 nitrogen and oxygen atoms in total. The van der Waals surface area contributed by atoms with E-state index in [1.807, 2.05) is 13.8 Å². The summed E-state index contributed by atoms with van der Waals surface area (Å²) in [7, 11) is 0. The van der Waals surface area contributed by atoms with E-state index in [0.29, 0.717) is 24.5 Å². The number of nitrogens with one attached hydrogen (secondary N) is 3. The molecule has 6 heteroatoms. The molecule has 0 fully saturated rings. The summed E-state index contributed by atoms with van der Waals surface area (Å²) in [5, 5.41) is 2.58. The van der Waals surface area contributed by atoms with Gasteiger partial charge in [0, 0.05) is 6.54 Å². The highest BCUT2D eigenvalue weighted by Gasteiger charge is 2.12. The minimum absolute atomic E-state index is 0.375. The van der Waals surface area contributed by atoms with Crippen molar-refractivity contribution >= 4 is 11.9 Å². The lowest BCUT2D eigenvalue weighted by molar-refractivity contribution is 0.0932. The Labute approximate surface area is 112 Å². The van der Waals surface area contributed by atoms with E-state index in [1.165, 1.54) is 0 Å². The number of amides is 3. The van der Waals surface area contributed by atoms with E-state index in [4.69, 9.17) is 4.74 Å². The zero-order valence-corrected chi connectivity index (χ0v) is 11.2. The van der Waals surface area contributed by atoms with E-state index >= 15 is 0 Å². The number of benzene rings is 1. The fraction of sp³-hybridized carbons (Fsp3) is 0.385. The van der Waals surface area contributed by atoms with Crippen LogP contribution in [-0.2, 0) is 0 Å². The normalized spacial score (nSPS) is 9.58. The average molecular weight is 265 g/mol. The Kier molecular flexibility index (Phi) is 6.21. The Bertz CT molecular complexity index is 435. The summed E-state index contributed by atoms with van der Waals surface area (Å²) in [6.07, 6.45) is 0.828. The van der Waals surface area contributed by atoms with Gasteiger partial charge in [-0.25, -0.2) is 10.2 Å². The van der Waals surface area contributed by atoms with Crippen molar-refractivity contribution in [2.75, 3.05) is 13.2 Å². The van der Waals surface area contributed by atoms with Crippen LogP contribution < -0.4 is 20.9 Å². The summed E-state index contributed by atoms with van der Waals surface area (Å²) in [6, 6.07) is 6.41. The maximum absolute atomic E-state index is 11.9. The first kappa shape index (κ1) is 14.8. The molecule has 0 bridgehead atoms. The molecule has 1 aromatic carbocycles. The van der Waals surface area contributed by atoms with Crippen LogP contribution in [0.15, 0.2) is 24.3 Å². The molecule has 104 valence electrons. The van der Waals surface area contributed by atoms with E-state index in [9.17, 15) is 9.59 Å². The maximum Gasteiger partial charge on any atom is 0.333 e. The SMILES string of the molecule is CCCNC(=O)NNC(=O)c1ccccc1OCC. The number of carbonyl (C=O) groups is 2. The van der Waals surface area contributed by atoms with Gasteiger partial charge in [-0.15, -0.1) is 0 Å². The molecule has 3 N–H and O–H groups in total. The quantitative estimate of drug-likeness (QED) is 0.705. The van der Waals surface area contributed by atoms with Crippen molar-refractivity contribution in [3.8, 4) is 5.75 Å². The molecular weight excluding hydrogens is 246 g/mol. The largest absolute Gasteiger partial charge is 0.493 e. The molecule has 0 spiro atoms. The monoisotopic (exact) mass is 265 g/mol. The summed E-state index contributed by atoms with van der Waals surface area (Å²) in [6.45, 7) is 4.80. The van der Waals surface area contributed by atoms with Crippen LogP contribution in [0.1, 0.15) is 30.6 Å². The third kappa shape index (κ3) is 4.87. The summed E-state index contributed by atoms with van der Waals surface area (Å²) in [5.74, 6) is 0.0639. The van der Waals surface area contributed by atoms with E-state index in [1.54, 1.807) is 24.3 Å². The lowest BCUT2D eigenvalue weighted by Crippen LogP contribution is -2.47. The molecule has 0 saturated carbocycles. The van der Waals surface area contributed by atoms with Crippen LogP contribution in [0.3, 0.4) is 0 Å².